The number of hydrogen-bond donors (Lipinski definition) is 3. The van der Waals surface area contributed by atoms with E-state index in [9.17, 15) is 14.7 Å². The molecular formula is C19H21N3O3. The third-order valence-corrected chi connectivity index (χ3v) is 3.75. The average molecular weight is 339 g/mol. The maximum atomic E-state index is 12.0. The first-order valence-corrected chi connectivity index (χ1v) is 7.92. The number of nitrogens with one attached hydrogen (secondary N) is 2. The smallest absolute Gasteiger partial charge is 0.240 e. The van der Waals surface area contributed by atoms with Crippen molar-refractivity contribution in [2.75, 3.05) is 5.32 Å². The van der Waals surface area contributed by atoms with E-state index in [2.05, 4.69) is 15.8 Å². The Labute approximate surface area is 146 Å². The molecule has 2 rings (SSSR count). The van der Waals surface area contributed by atoms with Gasteiger partial charge in [0, 0.05) is 18.5 Å². The van der Waals surface area contributed by atoms with Gasteiger partial charge in [0.05, 0.1) is 6.21 Å². The van der Waals surface area contributed by atoms with Gasteiger partial charge in [-0.05, 0) is 60.9 Å². The summed E-state index contributed by atoms with van der Waals surface area (Å²) >= 11 is 0. The minimum Gasteiger partial charge on any atom is -0.508 e. The van der Waals surface area contributed by atoms with E-state index in [4.69, 9.17) is 0 Å². The van der Waals surface area contributed by atoms with Gasteiger partial charge in [0.1, 0.15) is 5.75 Å². The summed E-state index contributed by atoms with van der Waals surface area (Å²) in [7, 11) is 0. The molecule has 0 aliphatic heterocycles. The van der Waals surface area contributed by atoms with Crippen molar-refractivity contribution < 1.29 is 14.7 Å². The maximum absolute atomic E-state index is 12.0. The van der Waals surface area contributed by atoms with Crippen LogP contribution in [0.3, 0.4) is 0 Å². The molecule has 0 heterocycles. The van der Waals surface area contributed by atoms with Crippen LogP contribution in [0.2, 0.25) is 0 Å². The van der Waals surface area contributed by atoms with Gasteiger partial charge in [0.25, 0.3) is 0 Å². The molecule has 0 radical (unpaired) electrons. The zero-order chi connectivity index (χ0) is 18.2. The summed E-state index contributed by atoms with van der Waals surface area (Å²) in [6, 6.07) is 12.1. The summed E-state index contributed by atoms with van der Waals surface area (Å²) < 4.78 is 0. The van der Waals surface area contributed by atoms with Gasteiger partial charge >= 0.3 is 0 Å². The number of aryl methyl sites for hydroxylation is 1. The molecule has 0 unspecified atom stereocenters. The fourth-order valence-corrected chi connectivity index (χ4v) is 2.12. The molecule has 0 saturated carbocycles. The first kappa shape index (κ1) is 18.2. The summed E-state index contributed by atoms with van der Waals surface area (Å²) in [5.74, 6) is -0.395. The zero-order valence-electron chi connectivity index (χ0n) is 14.2. The molecule has 2 aromatic carbocycles. The van der Waals surface area contributed by atoms with E-state index >= 15 is 0 Å². The molecular weight excluding hydrogens is 318 g/mol. The van der Waals surface area contributed by atoms with Gasteiger partial charge in [-0.25, -0.2) is 5.43 Å². The number of hydrazone groups is 1. The fourth-order valence-electron chi connectivity index (χ4n) is 2.12. The van der Waals surface area contributed by atoms with Crippen LogP contribution in [-0.4, -0.2) is 23.1 Å². The third kappa shape index (κ3) is 5.76. The summed E-state index contributed by atoms with van der Waals surface area (Å²) in [4.78, 5) is 23.7. The van der Waals surface area contributed by atoms with Gasteiger partial charge in [-0.2, -0.15) is 5.10 Å². The first-order valence-electron chi connectivity index (χ1n) is 7.92. The molecule has 2 aromatic rings. The van der Waals surface area contributed by atoms with Gasteiger partial charge in [-0.1, -0.05) is 12.1 Å². The van der Waals surface area contributed by atoms with Gasteiger partial charge in [0.2, 0.25) is 11.8 Å². The van der Waals surface area contributed by atoms with Crippen LogP contribution in [0.1, 0.15) is 29.5 Å². The van der Waals surface area contributed by atoms with Gasteiger partial charge in [-0.3, -0.25) is 9.59 Å². The number of nitrogens with zero attached hydrogens (tertiary/aromatic N) is 1. The molecule has 25 heavy (non-hydrogen) atoms. The van der Waals surface area contributed by atoms with E-state index in [1.165, 1.54) is 18.3 Å². The van der Waals surface area contributed by atoms with Crippen LogP contribution in [0.25, 0.3) is 0 Å². The summed E-state index contributed by atoms with van der Waals surface area (Å²) in [6.07, 6.45) is 1.59. The molecule has 3 N–H and O–H groups in total. The standard InChI is InChI=1S/C19H21N3O3/c1-13-4-3-5-17(14(13)2)21-18(24)10-11-19(25)22-20-12-15-6-8-16(23)9-7-15/h3-9,12,23H,10-11H2,1-2H3,(H,21,24)(H,22,25)/b20-12+. The predicted octanol–water partition coefficient (Wildman–Crippen LogP) is 2.88. The summed E-state index contributed by atoms with van der Waals surface area (Å²) in [5, 5.41) is 15.8. The van der Waals surface area contributed by atoms with E-state index in [1.54, 1.807) is 12.1 Å². The van der Waals surface area contributed by atoms with Crippen LogP contribution in [0, 0.1) is 13.8 Å². The van der Waals surface area contributed by atoms with Crippen LogP contribution < -0.4 is 10.7 Å². The van der Waals surface area contributed by atoms with Crippen LogP contribution in [0.15, 0.2) is 47.6 Å². The number of rotatable bonds is 6. The Balaban J connectivity index is 1.76. The predicted molar refractivity (Wildman–Crippen MR) is 97.6 cm³/mol. The Kier molecular flexibility index (Phi) is 6.28. The molecule has 0 atom stereocenters. The number of aromatic hydroxyl groups is 1. The van der Waals surface area contributed by atoms with Crippen molar-refractivity contribution in [3.05, 3.63) is 59.2 Å². The maximum Gasteiger partial charge on any atom is 0.240 e. The van der Waals surface area contributed by atoms with Crippen molar-refractivity contribution in [3.8, 4) is 5.75 Å². The lowest BCUT2D eigenvalue weighted by Gasteiger charge is -2.10. The Hall–Kier alpha value is -3.15. The van der Waals surface area contributed by atoms with Crippen LogP contribution in [0.5, 0.6) is 5.75 Å². The minimum atomic E-state index is -0.342. The lowest BCUT2D eigenvalue weighted by Crippen LogP contribution is -2.21. The molecule has 0 spiro atoms. The molecule has 6 heteroatoms. The Morgan fingerprint density at radius 2 is 1.72 bits per heavy atom. The molecule has 2 amide bonds. The Bertz CT molecular complexity index is 783. The summed E-state index contributed by atoms with van der Waals surface area (Å²) in [5.41, 5.74) is 5.98. The molecule has 0 saturated heterocycles. The SMILES string of the molecule is Cc1cccc(NC(=O)CCC(=O)N/N=C/c2ccc(O)cc2)c1C. The lowest BCUT2D eigenvalue weighted by atomic mass is 10.1. The number of amides is 2. The number of hydrogen-bond acceptors (Lipinski definition) is 4. The highest BCUT2D eigenvalue weighted by Crippen LogP contribution is 2.18. The second kappa shape index (κ2) is 8.63. The largest absolute Gasteiger partial charge is 0.508 e. The van der Waals surface area contributed by atoms with E-state index in [0.717, 1.165) is 22.4 Å². The second-order valence-electron chi connectivity index (χ2n) is 5.68. The van der Waals surface area contributed by atoms with Gasteiger partial charge < -0.3 is 10.4 Å². The number of phenolic OH excluding ortho intramolecular Hbond substituents is 1. The van der Waals surface area contributed by atoms with Crippen LogP contribution in [0.4, 0.5) is 5.69 Å². The first-order chi connectivity index (χ1) is 12.0. The van der Waals surface area contributed by atoms with E-state index in [0.29, 0.717) is 0 Å². The zero-order valence-corrected chi connectivity index (χ0v) is 14.2. The highest BCUT2D eigenvalue weighted by molar-refractivity contribution is 5.94. The van der Waals surface area contributed by atoms with Gasteiger partial charge in [-0.15, -0.1) is 0 Å². The van der Waals surface area contributed by atoms with Gasteiger partial charge in [0.15, 0.2) is 0 Å². The number of benzene rings is 2. The van der Waals surface area contributed by atoms with Crippen LogP contribution in [-0.2, 0) is 9.59 Å². The molecule has 0 aliphatic rings. The number of carbonyl (C=O) groups is 2. The van der Waals surface area contributed by atoms with Crippen molar-refractivity contribution in [1.29, 1.82) is 0 Å². The van der Waals surface area contributed by atoms with E-state index in [-0.39, 0.29) is 30.4 Å². The number of phenols is 1. The van der Waals surface area contributed by atoms with Crippen molar-refractivity contribution in [1.82, 2.24) is 5.43 Å². The highest BCUT2D eigenvalue weighted by Gasteiger charge is 2.08. The number of carbonyl (C=O) groups excluding carboxylic acids is 2. The Morgan fingerprint density at radius 1 is 1.04 bits per heavy atom. The molecule has 0 bridgehead atoms. The molecule has 6 nitrogen and oxygen atoms in total. The third-order valence-electron chi connectivity index (χ3n) is 3.75. The molecule has 0 aliphatic carbocycles. The normalized spacial score (nSPS) is 10.6. The van der Waals surface area contributed by atoms with E-state index in [1.807, 2.05) is 32.0 Å². The number of anilines is 1. The van der Waals surface area contributed by atoms with Crippen LogP contribution >= 0.6 is 0 Å². The Morgan fingerprint density at radius 3 is 2.44 bits per heavy atom. The second-order valence-corrected chi connectivity index (χ2v) is 5.68. The molecule has 0 aromatic heterocycles. The van der Waals surface area contributed by atoms with Crippen molar-refractivity contribution in [3.63, 3.8) is 0 Å². The fraction of sp³-hybridized carbons (Fsp3) is 0.211. The van der Waals surface area contributed by atoms with Crippen molar-refractivity contribution >= 4 is 23.7 Å². The lowest BCUT2D eigenvalue weighted by molar-refractivity contribution is -0.124. The summed E-state index contributed by atoms with van der Waals surface area (Å²) in [6.45, 7) is 3.92. The van der Waals surface area contributed by atoms with E-state index < -0.39 is 0 Å². The average Bonchev–Trinajstić information content (AvgIpc) is 2.59. The molecule has 130 valence electrons. The minimum absolute atomic E-state index is 0.0453. The van der Waals surface area contributed by atoms with Crippen molar-refractivity contribution in [2.45, 2.75) is 26.7 Å². The highest BCUT2D eigenvalue weighted by atomic mass is 16.3. The monoisotopic (exact) mass is 339 g/mol. The quantitative estimate of drug-likeness (QED) is 0.558. The molecule has 0 fully saturated rings. The topological polar surface area (TPSA) is 90.8 Å². The van der Waals surface area contributed by atoms with Crippen molar-refractivity contribution in [2.24, 2.45) is 5.10 Å².